The molecule has 0 saturated carbocycles. The number of hydrogen-bond acceptors (Lipinski definition) is 5. The molecule has 1 aliphatic rings. The lowest BCUT2D eigenvalue weighted by atomic mass is 9.90. The van der Waals surface area contributed by atoms with Gasteiger partial charge in [0.1, 0.15) is 5.00 Å². The fraction of sp³-hybridized carbons (Fsp3) is 0.280. The first-order valence-corrected chi connectivity index (χ1v) is 11.3. The topological polar surface area (TPSA) is 58.6 Å². The number of benzene rings is 2. The van der Waals surface area contributed by atoms with Gasteiger partial charge in [-0.25, -0.2) is 4.79 Å². The lowest BCUT2D eigenvalue weighted by Crippen LogP contribution is -2.26. The van der Waals surface area contributed by atoms with Gasteiger partial charge in [-0.3, -0.25) is 4.79 Å². The highest BCUT2D eigenvalue weighted by molar-refractivity contribution is 7.17. The number of fused-ring (bicyclic) bond motifs is 1. The number of amides is 1. The second-order valence-electron chi connectivity index (χ2n) is 7.66. The number of anilines is 1. The first-order chi connectivity index (χ1) is 15.1. The van der Waals surface area contributed by atoms with Gasteiger partial charge in [0.2, 0.25) is 5.91 Å². The molecule has 0 unspecified atom stereocenters. The second kappa shape index (κ2) is 9.45. The summed E-state index contributed by atoms with van der Waals surface area (Å²) in [5.74, 6) is -0.995. The van der Waals surface area contributed by atoms with Crippen molar-refractivity contribution in [1.29, 1.82) is 0 Å². The molecule has 3 aromatic rings. The number of carbonyl (C=O) groups is 2. The molecule has 0 fully saturated rings. The molecule has 1 aliphatic heterocycles. The standard InChI is InChI=1S/C25H26N2O3S/c1-3-30-25(29)22-19-14-15-27(2)16-20(19)31-24(22)26-23(28)21(17-10-6-4-7-11-17)18-12-8-5-9-13-18/h4-13,21H,3,14-16H2,1-2H3,(H,26,28). The third kappa shape index (κ3) is 4.55. The number of thiophene rings is 1. The van der Waals surface area contributed by atoms with E-state index in [0.717, 1.165) is 41.1 Å². The van der Waals surface area contributed by atoms with E-state index in [1.807, 2.05) is 60.7 Å². The Labute approximate surface area is 186 Å². The lowest BCUT2D eigenvalue weighted by Gasteiger charge is -2.22. The van der Waals surface area contributed by atoms with Gasteiger partial charge >= 0.3 is 5.97 Å². The van der Waals surface area contributed by atoms with Gasteiger partial charge in [0.05, 0.1) is 18.1 Å². The van der Waals surface area contributed by atoms with Gasteiger partial charge < -0.3 is 15.0 Å². The van der Waals surface area contributed by atoms with Crippen LogP contribution in [-0.2, 0) is 22.5 Å². The Kier molecular flexibility index (Phi) is 6.49. The Hall–Kier alpha value is -2.96. The minimum atomic E-state index is -0.473. The molecule has 0 radical (unpaired) electrons. The number of nitrogens with one attached hydrogen (secondary N) is 1. The zero-order valence-electron chi connectivity index (χ0n) is 17.8. The average molecular weight is 435 g/mol. The van der Waals surface area contributed by atoms with Crippen LogP contribution < -0.4 is 5.32 Å². The Bertz CT molecular complexity index is 1020. The van der Waals surface area contributed by atoms with Crippen LogP contribution in [0.2, 0.25) is 0 Å². The summed E-state index contributed by atoms with van der Waals surface area (Å²) in [5, 5.41) is 3.66. The molecule has 0 spiro atoms. The van der Waals surface area contributed by atoms with Crippen LogP contribution in [-0.4, -0.2) is 37.0 Å². The second-order valence-corrected chi connectivity index (χ2v) is 8.76. The quantitative estimate of drug-likeness (QED) is 0.572. The molecule has 2 heterocycles. The molecular formula is C25H26N2O3S. The van der Waals surface area contributed by atoms with Crippen LogP contribution in [0, 0.1) is 0 Å². The van der Waals surface area contributed by atoms with Crippen LogP contribution >= 0.6 is 11.3 Å². The summed E-state index contributed by atoms with van der Waals surface area (Å²) in [6, 6.07) is 19.4. The first kappa shape index (κ1) is 21.3. The molecule has 31 heavy (non-hydrogen) atoms. The number of carbonyl (C=O) groups excluding carboxylic acids is 2. The van der Waals surface area contributed by atoms with E-state index < -0.39 is 5.92 Å². The normalized spacial score (nSPS) is 13.6. The smallest absolute Gasteiger partial charge is 0.341 e. The van der Waals surface area contributed by atoms with Crippen molar-refractivity contribution in [2.75, 3.05) is 25.5 Å². The van der Waals surface area contributed by atoms with Crippen LogP contribution in [0.1, 0.15) is 44.8 Å². The molecule has 160 valence electrons. The van der Waals surface area contributed by atoms with E-state index in [-0.39, 0.29) is 11.9 Å². The zero-order valence-corrected chi connectivity index (χ0v) is 18.6. The summed E-state index contributed by atoms with van der Waals surface area (Å²) >= 11 is 1.48. The van der Waals surface area contributed by atoms with Crippen molar-refractivity contribution in [2.24, 2.45) is 0 Å². The predicted molar refractivity (Wildman–Crippen MR) is 124 cm³/mol. The molecule has 5 nitrogen and oxygen atoms in total. The summed E-state index contributed by atoms with van der Waals surface area (Å²) in [6.45, 7) is 3.74. The molecule has 2 aromatic carbocycles. The van der Waals surface area contributed by atoms with Gasteiger partial charge in [-0.15, -0.1) is 11.3 Å². The van der Waals surface area contributed by atoms with E-state index in [1.54, 1.807) is 6.92 Å². The van der Waals surface area contributed by atoms with E-state index in [0.29, 0.717) is 17.2 Å². The number of esters is 1. The SMILES string of the molecule is CCOC(=O)c1c(NC(=O)C(c2ccccc2)c2ccccc2)sc2c1CCN(C)C2. The van der Waals surface area contributed by atoms with E-state index in [4.69, 9.17) is 4.74 Å². The molecular weight excluding hydrogens is 408 g/mol. The van der Waals surface area contributed by atoms with Gasteiger partial charge in [0.15, 0.2) is 0 Å². The van der Waals surface area contributed by atoms with Crippen molar-refractivity contribution >= 4 is 28.2 Å². The van der Waals surface area contributed by atoms with Gasteiger partial charge in [0, 0.05) is 18.0 Å². The summed E-state index contributed by atoms with van der Waals surface area (Å²) in [5.41, 5.74) is 3.34. The molecule has 0 atom stereocenters. The van der Waals surface area contributed by atoms with Gasteiger partial charge in [0.25, 0.3) is 0 Å². The van der Waals surface area contributed by atoms with Crippen molar-refractivity contribution < 1.29 is 14.3 Å². The molecule has 0 bridgehead atoms. The van der Waals surface area contributed by atoms with Crippen LogP contribution in [0.3, 0.4) is 0 Å². The molecule has 4 rings (SSSR count). The minimum Gasteiger partial charge on any atom is -0.462 e. The number of nitrogens with zero attached hydrogens (tertiary/aromatic N) is 1. The summed E-state index contributed by atoms with van der Waals surface area (Å²) in [7, 11) is 2.06. The molecule has 0 aliphatic carbocycles. The van der Waals surface area contributed by atoms with Crippen LogP contribution in [0.4, 0.5) is 5.00 Å². The summed E-state index contributed by atoms with van der Waals surface area (Å²) in [6.07, 6.45) is 0.771. The minimum absolute atomic E-state index is 0.157. The van der Waals surface area contributed by atoms with Crippen molar-refractivity contribution in [2.45, 2.75) is 25.8 Å². The molecule has 1 amide bonds. The number of hydrogen-bond donors (Lipinski definition) is 1. The Morgan fingerprint density at radius 2 is 1.68 bits per heavy atom. The van der Waals surface area contributed by atoms with E-state index >= 15 is 0 Å². The Balaban J connectivity index is 1.71. The monoisotopic (exact) mass is 434 g/mol. The van der Waals surface area contributed by atoms with Crippen molar-refractivity contribution in [1.82, 2.24) is 4.90 Å². The predicted octanol–water partition coefficient (Wildman–Crippen LogP) is 4.68. The highest BCUT2D eigenvalue weighted by Gasteiger charge is 2.30. The lowest BCUT2D eigenvalue weighted by molar-refractivity contribution is -0.116. The maximum Gasteiger partial charge on any atom is 0.341 e. The maximum absolute atomic E-state index is 13.6. The molecule has 6 heteroatoms. The van der Waals surface area contributed by atoms with Crippen LogP contribution in [0.25, 0.3) is 0 Å². The third-order valence-corrected chi connectivity index (χ3v) is 6.62. The molecule has 0 saturated heterocycles. The zero-order chi connectivity index (χ0) is 21.8. The largest absolute Gasteiger partial charge is 0.462 e. The van der Waals surface area contributed by atoms with Gasteiger partial charge in [-0.2, -0.15) is 0 Å². The summed E-state index contributed by atoms with van der Waals surface area (Å²) < 4.78 is 5.33. The summed E-state index contributed by atoms with van der Waals surface area (Å²) in [4.78, 5) is 29.7. The van der Waals surface area contributed by atoms with Crippen LogP contribution in [0.15, 0.2) is 60.7 Å². The van der Waals surface area contributed by atoms with Gasteiger partial charge in [-0.05, 0) is 37.1 Å². The highest BCUT2D eigenvalue weighted by Crippen LogP contribution is 2.38. The number of ether oxygens (including phenoxy) is 1. The first-order valence-electron chi connectivity index (χ1n) is 10.5. The molecule has 1 N–H and O–H groups in total. The van der Waals surface area contributed by atoms with Crippen LogP contribution in [0.5, 0.6) is 0 Å². The van der Waals surface area contributed by atoms with Crippen molar-refractivity contribution in [3.8, 4) is 0 Å². The fourth-order valence-electron chi connectivity index (χ4n) is 4.01. The molecule has 1 aromatic heterocycles. The average Bonchev–Trinajstić information content (AvgIpc) is 3.12. The highest BCUT2D eigenvalue weighted by atomic mass is 32.1. The Morgan fingerprint density at radius 1 is 1.06 bits per heavy atom. The van der Waals surface area contributed by atoms with E-state index in [1.165, 1.54) is 11.3 Å². The maximum atomic E-state index is 13.6. The number of rotatable bonds is 6. The van der Waals surface area contributed by atoms with Crippen molar-refractivity contribution in [3.63, 3.8) is 0 Å². The van der Waals surface area contributed by atoms with Gasteiger partial charge in [-0.1, -0.05) is 60.7 Å². The Morgan fingerprint density at radius 3 is 2.26 bits per heavy atom. The third-order valence-electron chi connectivity index (χ3n) is 5.49. The van der Waals surface area contributed by atoms with E-state index in [2.05, 4.69) is 17.3 Å². The number of likely N-dealkylation sites (N-methyl/N-ethyl adjacent to an activating group) is 1. The van der Waals surface area contributed by atoms with E-state index in [9.17, 15) is 9.59 Å². The fourth-order valence-corrected chi connectivity index (χ4v) is 5.33. The van der Waals surface area contributed by atoms with Crippen molar-refractivity contribution in [3.05, 3.63) is 87.8 Å².